The van der Waals surface area contributed by atoms with Gasteiger partial charge in [-0.15, -0.1) is 10.2 Å². The minimum absolute atomic E-state index is 0.0193. The fraction of sp³-hybridized carbons (Fsp3) is 0.450. The lowest BCUT2D eigenvalue weighted by atomic mass is 10.3. The van der Waals surface area contributed by atoms with Crippen LogP contribution < -0.4 is 16.6 Å². The molecule has 32 heavy (non-hydrogen) atoms. The highest BCUT2D eigenvalue weighted by Crippen LogP contribution is 2.05. The molecule has 3 aromatic rings. The molecule has 1 fully saturated rings. The number of amides is 1. The minimum Gasteiger partial charge on any atom is -0.379 e. The first kappa shape index (κ1) is 21.7. The predicted octanol–water partition coefficient (Wildman–Crippen LogP) is -1.22. The smallest absolute Gasteiger partial charge is 0.332 e. The van der Waals surface area contributed by atoms with Crippen LogP contribution in [0.5, 0.6) is 0 Å². The van der Waals surface area contributed by atoms with E-state index in [-0.39, 0.29) is 23.5 Å². The third-order valence-electron chi connectivity index (χ3n) is 5.26. The van der Waals surface area contributed by atoms with Crippen LogP contribution in [0.1, 0.15) is 22.6 Å². The van der Waals surface area contributed by atoms with Gasteiger partial charge >= 0.3 is 5.69 Å². The van der Waals surface area contributed by atoms with Crippen LogP contribution in [0, 0.1) is 0 Å². The molecule has 4 rings (SSSR count). The molecule has 1 aliphatic rings. The Labute approximate surface area is 182 Å². The molecule has 3 aromatic heterocycles. The minimum atomic E-state index is -0.635. The first-order chi connectivity index (χ1) is 15.5. The summed E-state index contributed by atoms with van der Waals surface area (Å²) >= 11 is 0. The number of rotatable bonds is 7. The van der Waals surface area contributed by atoms with E-state index in [0.29, 0.717) is 6.54 Å². The molecule has 1 amide bonds. The third-order valence-corrected chi connectivity index (χ3v) is 5.26. The number of morpholine rings is 1. The second-order valence-corrected chi connectivity index (χ2v) is 7.47. The van der Waals surface area contributed by atoms with Crippen molar-refractivity contribution in [3.05, 3.63) is 56.8 Å². The molecule has 0 spiro atoms. The van der Waals surface area contributed by atoms with Gasteiger partial charge in [-0.25, -0.2) is 9.78 Å². The van der Waals surface area contributed by atoms with Gasteiger partial charge in [-0.1, -0.05) is 6.07 Å². The summed E-state index contributed by atoms with van der Waals surface area (Å²) in [5.74, 6) is -0.735. The van der Waals surface area contributed by atoms with Gasteiger partial charge in [0.1, 0.15) is 0 Å². The number of nitrogens with one attached hydrogen (secondary N) is 1. The normalized spacial score (nSPS) is 14.5. The summed E-state index contributed by atoms with van der Waals surface area (Å²) in [5, 5.41) is 10.6. The lowest BCUT2D eigenvalue weighted by Crippen LogP contribution is -2.40. The van der Waals surface area contributed by atoms with Crippen molar-refractivity contribution >= 4 is 17.1 Å². The maximum atomic E-state index is 12.7. The van der Waals surface area contributed by atoms with E-state index < -0.39 is 17.2 Å². The molecule has 12 nitrogen and oxygen atoms in total. The molecule has 0 aromatic carbocycles. The fourth-order valence-corrected chi connectivity index (χ4v) is 3.48. The first-order valence-corrected chi connectivity index (χ1v) is 10.4. The maximum absolute atomic E-state index is 12.7. The standard InChI is InChI=1S/C20H24N8O4/c1-26-19(30)15-17(28(20(26)31)13-14-4-2-5-21-12-14)25-24-16(23-15)18(29)22-6-3-7-27-8-10-32-11-9-27/h2,4-5,12H,3,6-11,13H2,1H3,(H,22,29). The highest BCUT2D eigenvalue weighted by Gasteiger charge is 2.18. The summed E-state index contributed by atoms with van der Waals surface area (Å²) in [6, 6.07) is 3.55. The Balaban J connectivity index is 1.52. The number of ether oxygens (including phenoxy) is 1. The summed E-state index contributed by atoms with van der Waals surface area (Å²) in [7, 11) is 1.36. The summed E-state index contributed by atoms with van der Waals surface area (Å²) in [4.78, 5) is 48.2. The highest BCUT2D eigenvalue weighted by molar-refractivity contribution is 5.91. The third kappa shape index (κ3) is 4.70. The van der Waals surface area contributed by atoms with Crippen LogP contribution in [0.15, 0.2) is 34.1 Å². The van der Waals surface area contributed by atoms with Gasteiger partial charge < -0.3 is 10.1 Å². The summed E-state index contributed by atoms with van der Waals surface area (Å²) in [6.45, 7) is 4.65. The average molecular weight is 440 g/mol. The van der Waals surface area contributed by atoms with Gasteiger partial charge in [0.2, 0.25) is 5.82 Å². The zero-order valence-electron chi connectivity index (χ0n) is 17.7. The van der Waals surface area contributed by atoms with Crippen LogP contribution in [0.2, 0.25) is 0 Å². The lowest BCUT2D eigenvalue weighted by molar-refractivity contribution is 0.0374. The molecule has 12 heteroatoms. The van der Waals surface area contributed by atoms with Gasteiger partial charge in [-0.05, 0) is 24.6 Å². The Bertz CT molecular complexity index is 1220. The largest absolute Gasteiger partial charge is 0.379 e. The molecule has 0 radical (unpaired) electrons. The van der Waals surface area contributed by atoms with Gasteiger partial charge in [0, 0.05) is 39.1 Å². The van der Waals surface area contributed by atoms with Crippen LogP contribution in [-0.2, 0) is 18.3 Å². The Morgan fingerprint density at radius 2 is 2.03 bits per heavy atom. The van der Waals surface area contributed by atoms with Gasteiger partial charge in [-0.3, -0.25) is 28.6 Å². The quantitative estimate of drug-likeness (QED) is 0.448. The Morgan fingerprint density at radius 1 is 1.22 bits per heavy atom. The van der Waals surface area contributed by atoms with Crippen molar-refractivity contribution in [3.63, 3.8) is 0 Å². The van der Waals surface area contributed by atoms with E-state index in [1.54, 1.807) is 24.5 Å². The predicted molar refractivity (Wildman–Crippen MR) is 114 cm³/mol. The number of hydrogen-bond acceptors (Lipinski definition) is 9. The molecule has 4 heterocycles. The molecule has 1 saturated heterocycles. The van der Waals surface area contributed by atoms with E-state index in [0.717, 1.165) is 49.4 Å². The molecule has 0 atom stereocenters. The van der Waals surface area contributed by atoms with E-state index >= 15 is 0 Å². The van der Waals surface area contributed by atoms with Crippen LogP contribution in [0.3, 0.4) is 0 Å². The van der Waals surface area contributed by atoms with Crippen molar-refractivity contribution in [2.75, 3.05) is 39.4 Å². The SMILES string of the molecule is Cn1c(=O)c2nc(C(=O)NCCCN3CCOCC3)nnc2n(Cc2cccnc2)c1=O. The number of fused-ring (bicyclic) bond motifs is 1. The van der Waals surface area contributed by atoms with Crippen LogP contribution in [0.25, 0.3) is 11.2 Å². The summed E-state index contributed by atoms with van der Waals surface area (Å²) in [6.07, 6.45) is 4.00. The Hall–Kier alpha value is -3.51. The lowest BCUT2D eigenvalue weighted by Gasteiger charge is -2.26. The van der Waals surface area contributed by atoms with E-state index in [2.05, 4.69) is 30.4 Å². The van der Waals surface area contributed by atoms with E-state index in [4.69, 9.17) is 4.74 Å². The number of carbonyl (C=O) groups excluding carboxylic acids is 1. The first-order valence-electron chi connectivity index (χ1n) is 10.4. The van der Waals surface area contributed by atoms with Gasteiger partial charge in [0.05, 0.1) is 19.8 Å². The van der Waals surface area contributed by atoms with Crippen LogP contribution in [-0.4, -0.2) is 79.5 Å². The van der Waals surface area contributed by atoms with Crippen molar-refractivity contribution in [2.45, 2.75) is 13.0 Å². The van der Waals surface area contributed by atoms with Gasteiger partial charge in [-0.2, -0.15) is 0 Å². The molecule has 168 valence electrons. The van der Waals surface area contributed by atoms with E-state index in [9.17, 15) is 14.4 Å². The van der Waals surface area contributed by atoms with Crippen LogP contribution >= 0.6 is 0 Å². The Kier molecular flexibility index (Phi) is 6.61. The molecule has 0 unspecified atom stereocenters. The molecular weight excluding hydrogens is 416 g/mol. The van der Waals surface area contributed by atoms with E-state index in [1.165, 1.54) is 11.6 Å². The van der Waals surface area contributed by atoms with Crippen LogP contribution in [0.4, 0.5) is 0 Å². The van der Waals surface area contributed by atoms with Crippen molar-refractivity contribution in [2.24, 2.45) is 7.05 Å². The van der Waals surface area contributed by atoms with Crippen molar-refractivity contribution < 1.29 is 9.53 Å². The molecule has 0 bridgehead atoms. The number of carbonyl (C=O) groups is 1. The number of aromatic nitrogens is 6. The highest BCUT2D eigenvalue weighted by atomic mass is 16.5. The van der Waals surface area contributed by atoms with Crippen molar-refractivity contribution in [3.8, 4) is 0 Å². The number of nitrogens with zero attached hydrogens (tertiary/aromatic N) is 7. The number of hydrogen-bond donors (Lipinski definition) is 1. The van der Waals surface area contributed by atoms with E-state index in [1.807, 2.05) is 0 Å². The number of pyridine rings is 1. The second-order valence-electron chi connectivity index (χ2n) is 7.47. The fourth-order valence-electron chi connectivity index (χ4n) is 3.48. The maximum Gasteiger partial charge on any atom is 0.332 e. The van der Waals surface area contributed by atoms with Crippen molar-refractivity contribution in [1.29, 1.82) is 0 Å². The topological polar surface area (TPSA) is 137 Å². The zero-order chi connectivity index (χ0) is 22.5. The molecular formula is C20H24N8O4. The zero-order valence-corrected chi connectivity index (χ0v) is 17.7. The summed E-state index contributed by atoms with van der Waals surface area (Å²) in [5.41, 5.74) is -0.514. The monoisotopic (exact) mass is 440 g/mol. The molecule has 0 aliphatic carbocycles. The van der Waals surface area contributed by atoms with Crippen molar-refractivity contribution in [1.82, 2.24) is 39.5 Å². The summed E-state index contributed by atoms with van der Waals surface area (Å²) < 4.78 is 7.55. The molecule has 0 saturated carbocycles. The van der Waals surface area contributed by atoms with Gasteiger partial charge in [0.25, 0.3) is 11.5 Å². The molecule has 1 aliphatic heterocycles. The van der Waals surface area contributed by atoms with Gasteiger partial charge in [0.15, 0.2) is 11.2 Å². The Morgan fingerprint density at radius 3 is 2.78 bits per heavy atom. The average Bonchev–Trinajstić information content (AvgIpc) is 2.84. The molecule has 1 N–H and O–H groups in total. The second kappa shape index (κ2) is 9.75.